The molecule has 1 atom stereocenters. The molecule has 0 aliphatic rings. The Hall–Kier alpha value is 0.140. The summed E-state index contributed by atoms with van der Waals surface area (Å²) < 4.78 is 1.21. The van der Waals surface area contributed by atoms with Gasteiger partial charge in [0.25, 0.3) is 0 Å². The second-order valence-electron chi connectivity index (χ2n) is 5.16. The largest absolute Gasteiger partial charge is 0.312 e. The summed E-state index contributed by atoms with van der Waals surface area (Å²) in [4.78, 5) is 0. The van der Waals surface area contributed by atoms with Crippen molar-refractivity contribution in [1.29, 1.82) is 0 Å². The zero-order valence-corrected chi connectivity index (χ0v) is 12.3. The summed E-state index contributed by atoms with van der Waals surface area (Å²) in [6.45, 7) is 11.2. The van der Waals surface area contributed by atoms with Crippen LogP contribution in [0.2, 0.25) is 0 Å². The van der Waals surface area contributed by atoms with E-state index in [0.717, 1.165) is 13.1 Å². The maximum atomic E-state index is 3.51. The van der Waals surface area contributed by atoms with E-state index in [9.17, 15) is 0 Å². The molecule has 86 valence electrons. The lowest BCUT2D eigenvalue weighted by Crippen LogP contribution is -2.29. The van der Waals surface area contributed by atoms with Crippen LogP contribution in [-0.2, 0) is 6.54 Å². The summed E-state index contributed by atoms with van der Waals surface area (Å²) in [7, 11) is 0. The highest BCUT2D eigenvalue weighted by atomic mass is 79.9. The van der Waals surface area contributed by atoms with Crippen molar-refractivity contribution in [2.75, 3.05) is 6.54 Å². The molecule has 0 fully saturated rings. The summed E-state index contributed by atoms with van der Waals surface area (Å²) in [5.74, 6) is 0.694. The van der Waals surface area contributed by atoms with Gasteiger partial charge in [-0.05, 0) is 50.8 Å². The van der Waals surface area contributed by atoms with Crippen molar-refractivity contribution in [2.45, 2.75) is 34.2 Å². The van der Waals surface area contributed by atoms with E-state index in [1.54, 1.807) is 11.3 Å². The molecule has 0 bridgehead atoms. The van der Waals surface area contributed by atoms with Gasteiger partial charge in [-0.25, -0.2) is 0 Å². The lowest BCUT2D eigenvalue weighted by Gasteiger charge is -2.27. The Morgan fingerprint density at radius 3 is 2.60 bits per heavy atom. The quantitative estimate of drug-likeness (QED) is 0.872. The maximum Gasteiger partial charge on any atom is 0.0701 e. The van der Waals surface area contributed by atoms with Crippen LogP contribution in [0, 0.1) is 11.3 Å². The van der Waals surface area contributed by atoms with Crippen molar-refractivity contribution >= 4 is 27.3 Å². The first-order valence-electron chi connectivity index (χ1n) is 5.33. The molecule has 0 radical (unpaired) electrons. The number of rotatable bonds is 4. The average Bonchev–Trinajstić information content (AvgIpc) is 2.49. The minimum atomic E-state index is 0.391. The molecule has 0 amide bonds. The second-order valence-corrected chi connectivity index (χ2v) is 7.45. The van der Waals surface area contributed by atoms with Crippen LogP contribution in [0.15, 0.2) is 15.2 Å². The van der Waals surface area contributed by atoms with Gasteiger partial charge in [-0.15, -0.1) is 11.3 Å². The molecular formula is C12H20BrNS. The van der Waals surface area contributed by atoms with Gasteiger partial charge < -0.3 is 5.32 Å². The highest BCUT2D eigenvalue weighted by Crippen LogP contribution is 2.25. The van der Waals surface area contributed by atoms with Crippen molar-refractivity contribution in [2.24, 2.45) is 11.3 Å². The van der Waals surface area contributed by atoms with Crippen LogP contribution < -0.4 is 5.32 Å². The molecule has 0 spiro atoms. The lowest BCUT2D eigenvalue weighted by molar-refractivity contribution is 0.252. The fourth-order valence-corrected chi connectivity index (χ4v) is 2.39. The van der Waals surface area contributed by atoms with Gasteiger partial charge in [0.05, 0.1) is 3.79 Å². The van der Waals surface area contributed by atoms with E-state index in [2.05, 4.69) is 60.4 Å². The molecule has 0 aliphatic carbocycles. The van der Waals surface area contributed by atoms with Crippen LogP contribution in [-0.4, -0.2) is 6.54 Å². The standard InChI is InChI=1S/C12H20BrNS/c1-9(12(2,3)4)6-14-7-10-5-11(13)15-8-10/h5,8-9,14H,6-7H2,1-4H3. The molecule has 0 aliphatic heterocycles. The van der Waals surface area contributed by atoms with E-state index in [1.165, 1.54) is 9.35 Å². The Morgan fingerprint density at radius 2 is 2.13 bits per heavy atom. The minimum Gasteiger partial charge on any atom is -0.312 e. The van der Waals surface area contributed by atoms with Gasteiger partial charge in [0.1, 0.15) is 0 Å². The van der Waals surface area contributed by atoms with Crippen LogP contribution in [0.1, 0.15) is 33.3 Å². The first-order chi connectivity index (χ1) is 6.89. The number of halogens is 1. The molecule has 1 nitrogen and oxygen atoms in total. The van der Waals surface area contributed by atoms with E-state index in [1.807, 2.05) is 0 Å². The van der Waals surface area contributed by atoms with E-state index in [-0.39, 0.29) is 0 Å². The molecule has 1 aromatic heterocycles. The van der Waals surface area contributed by atoms with Gasteiger partial charge in [-0.3, -0.25) is 0 Å². The third-order valence-electron chi connectivity index (χ3n) is 2.88. The van der Waals surface area contributed by atoms with Gasteiger partial charge in [0.2, 0.25) is 0 Å². The molecule has 1 heterocycles. The maximum absolute atomic E-state index is 3.51. The SMILES string of the molecule is CC(CNCc1csc(Br)c1)C(C)(C)C. The van der Waals surface area contributed by atoms with Crippen molar-refractivity contribution in [3.8, 4) is 0 Å². The van der Waals surface area contributed by atoms with Gasteiger partial charge in [0, 0.05) is 6.54 Å². The number of hydrogen-bond acceptors (Lipinski definition) is 2. The second kappa shape index (κ2) is 5.46. The van der Waals surface area contributed by atoms with Crippen molar-refractivity contribution in [3.05, 3.63) is 20.8 Å². The van der Waals surface area contributed by atoms with Crippen LogP contribution in [0.4, 0.5) is 0 Å². The van der Waals surface area contributed by atoms with Crippen molar-refractivity contribution in [3.63, 3.8) is 0 Å². The summed E-state index contributed by atoms with van der Waals surface area (Å²) in [6, 6.07) is 2.18. The summed E-state index contributed by atoms with van der Waals surface area (Å²) >= 11 is 5.22. The third-order valence-corrected chi connectivity index (χ3v) is 4.43. The Balaban J connectivity index is 2.28. The zero-order valence-electron chi connectivity index (χ0n) is 9.93. The highest BCUT2D eigenvalue weighted by Gasteiger charge is 2.19. The molecule has 15 heavy (non-hydrogen) atoms. The number of nitrogens with one attached hydrogen (secondary N) is 1. The molecule has 0 saturated heterocycles. The molecular weight excluding hydrogens is 270 g/mol. The Kier molecular flexibility index (Phi) is 4.81. The van der Waals surface area contributed by atoms with Crippen LogP contribution in [0.25, 0.3) is 0 Å². The van der Waals surface area contributed by atoms with Crippen LogP contribution in [0.3, 0.4) is 0 Å². The third kappa shape index (κ3) is 4.66. The van der Waals surface area contributed by atoms with Crippen LogP contribution >= 0.6 is 27.3 Å². The number of thiophene rings is 1. The summed E-state index contributed by atoms with van der Waals surface area (Å²) in [5, 5.41) is 5.70. The van der Waals surface area contributed by atoms with E-state index in [0.29, 0.717) is 11.3 Å². The Morgan fingerprint density at radius 1 is 1.47 bits per heavy atom. The van der Waals surface area contributed by atoms with Crippen molar-refractivity contribution < 1.29 is 0 Å². The molecule has 0 aromatic carbocycles. The normalized spacial score (nSPS) is 14.2. The average molecular weight is 290 g/mol. The predicted octanol–water partition coefficient (Wildman–Crippen LogP) is 4.28. The van der Waals surface area contributed by atoms with E-state index < -0.39 is 0 Å². The fourth-order valence-electron chi connectivity index (χ4n) is 1.18. The van der Waals surface area contributed by atoms with E-state index in [4.69, 9.17) is 0 Å². The lowest BCUT2D eigenvalue weighted by atomic mass is 9.82. The Bertz CT molecular complexity index is 301. The minimum absolute atomic E-state index is 0.391. The highest BCUT2D eigenvalue weighted by molar-refractivity contribution is 9.11. The summed E-state index contributed by atoms with van der Waals surface area (Å²) in [5.41, 5.74) is 1.76. The monoisotopic (exact) mass is 289 g/mol. The molecule has 0 saturated carbocycles. The van der Waals surface area contributed by atoms with Gasteiger partial charge in [-0.2, -0.15) is 0 Å². The van der Waals surface area contributed by atoms with Gasteiger partial charge >= 0.3 is 0 Å². The smallest absolute Gasteiger partial charge is 0.0701 e. The van der Waals surface area contributed by atoms with Crippen LogP contribution in [0.5, 0.6) is 0 Å². The first kappa shape index (κ1) is 13.2. The predicted molar refractivity (Wildman–Crippen MR) is 72.3 cm³/mol. The first-order valence-corrected chi connectivity index (χ1v) is 7.00. The van der Waals surface area contributed by atoms with Gasteiger partial charge in [-0.1, -0.05) is 27.7 Å². The molecule has 3 heteroatoms. The van der Waals surface area contributed by atoms with E-state index >= 15 is 0 Å². The molecule has 1 unspecified atom stereocenters. The van der Waals surface area contributed by atoms with Crippen molar-refractivity contribution in [1.82, 2.24) is 5.32 Å². The zero-order chi connectivity index (χ0) is 11.5. The summed E-state index contributed by atoms with van der Waals surface area (Å²) in [6.07, 6.45) is 0. The number of hydrogen-bond donors (Lipinski definition) is 1. The Labute approximate surface area is 105 Å². The van der Waals surface area contributed by atoms with Gasteiger partial charge in [0.15, 0.2) is 0 Å². The molecule has 1 rings (SSSR count). The molecule has 1 aromatic rings. The fraction of sp³-hybridized carbons (Fsp3) is 0.667. The topological polar surface area (TPSA) is 12.0 Å². The molecule has 1 N–H and O–H groups in total.